The highest BCUT2D eigenvalue weighted by Crippen LogP contribution is 2.03. The van der Waals surface area contributed by atoms with Crippen LogP contribution in [0, 0.1) is 6.92 Å². The van der Waals surface area contributed by atoms with Gasteiger partial charge >= 0.3 is 0 Å². The molecule has 1 aromatic carbocycles. The molecule has 0 saturated heterocycles. The van der Waals surface area contributed by atoms with E-state index in [1.807, 2.05) is 0 Å². The van der Waals surface area contributed by atoms with Crippen LogP contribution >= 0.6 is 0 Å². The van der Waals surface area contributed by atoms with Gasteiger partial charge in [0.2, 0.25) is 0 Å². The van der Waals surface area contributed by atoms with E-state index in [2.05, 4.69) is 25.7 Å². The SMILES string of the molecule is Nc1ccc(C(=O)[O-])cc1.[CH2]CN(CC)CC.[O-]B([O-])[O-]. The Labute approximate surface area is 125 Å². The number of hydrogen-bond donors (Lipinski definition) is 1. The van der Waals surface area contributed by atoms with Gasteiger partial charge in [-0.05, 0) is 44.3 Å². The summed E-state index contributed by atoms with van der Waals surface area (Å²) >= 11 is 0. The number of carbonyl (C=O) groups excluding carboxylic acids is 1. The second-order valence-electron chi connectivity index (χ2n) is 3.73. The van der Waals surface area contributed by atoms with E-state index >= 15 is 0 Å². The Morgan fingerprint density at radius 3 is 1.76 bits per heavy atom. The maximum atomic E-state index is 10.2. The number of nitrogens with two attached hydrogens (primary N) is 1. The number of rotatable bonds is 4. The molecule has 0 aromatic heterocycles. The number of carboxylic acids is 1. The van der Waals surface area contributed by atoms with E-state index in [1.165, 1.54) is 24.3 Å². The summed E-state index contributed by atoms with van der Waals surface area (Å²) in [4.78, 5) is 12.4. The second kappa shape index (κ2) is 13.4. The Morgan fingerprint density at radius 1 is 1.19 bits per heavy atom. The minimum Gasteiger partial charge on any atom is -0.907 e. The van der Waals surface area contributed by atoms with Crippen LogP contribution in [-0.4, -0.2) is 37.8 Å². The molecule has 0 aliphatic carbocycles. The fourth-order valence-corrected chi connectivity index (χ4v) is 1.16. The van der Waals surface area contributed by atoms with E-state index < -0.39 is 13.3 Å². The Kier molecular flexibility index (Phi) is 13.8. The lowest BCUT2D eigenvalue weighted by Crippen LogP contribution is -2.56. The molecule has 7 nitrogen and oxygen atoms in total. The first-order valence-corrected chi connectivity index (χ1v) is 6.34. The first kappa shape index (κ1) is 21.7. The molecule has 0 bridgehead atoms. The zero-order valence-corrected chi connectivity index (χ0v) is 12.3. The van der Waals surface area contributed by atoms with Gasteiger partial charge in [-0.3, -0.25) is 7.32 Å². The van der Waals surface area contributed by atoms with Crippen molar-refractivity contribution in [3.05, 3.63) is 36.8 Å². The van der Waals surface area contributed by atoms with Crippen molar-refractivity contribution in [2.75, 3.05) is 25.4 Å². The maximum absolute atomic E-state index is 10.2. The number of nitrogens with zero attached hydrogens (tertiary/aromatic N) is 1. The molecule has 1 aromatic rings. The lowest BCUT2D eigenvalue weighted by molar-refractivity contribution is -0.479. The Balaban J connectivity index is 0. The normalized spacial score (nSPS) is 9.10. The molecular weight excluding hydrogens is 275 g/mol. The predicted octanol–water partition coefficient (Wildman–Crippen LogP) is -3.15. The molecule has 1 rings (SSSR count). The van der Waals surface area contributed by atoms with Crippen LogP contribution < -0.4 is 25.9 Å². The highest BCUT2D eigenvalue weighted by molar-refractivity contribution is 6.24. The quantitative estimate of drug-likeness (QED) is 0.457. The molecular formula is C13H20BN2O5-4. The Hall–Kier alpha value is -1.61. The summed E-state index contributed by atoms with van der Waals surface area (Å²) in [5.74, 6) is -1.18. The molecule has 0 fully saturated rings. The molecule has 0 atom stereocenters. The molecule has 8 heteroatoms. The molecule has 0 aliphatic heterocycles. The molecule has 0 saturated carbocycles. The molecule has 1 radical (unpaired) electrons. The first-order chi connectivity index (χ1) is 9.78. The standard InChI is InChI=1S/C7H7NO2.C6H14N.BO3/c8-6-3-1-5(2-4-6)7(9)10;1-4-7(5-2)6-3;2-1(3)4/h1-4H,8H2,(H,9,10);1,4-6H2,2-3H3;/q;;-3/p-1. The fraction of sp³-hybridized carbons (Fsp3) is 0.385. The van der Waals surface area contributed by atoms with Crippen LogP contribution in [0.15, 0.2) is 24.3 Å². The average molecular weight is 295 g/mol. The van der Waals surface area contributed by atoms with Gasteiger partial charge in [0.05, 0.1) is 5.97 Å². The molecule has 0 heterocycles. The van der Waals surface area contributed by atoms with Crippen LogP contribution in [0.4, 0.5) is 5.69 Å². The monoisotopic (exact) mass is 295 g/mol. The summed E-state index contributed by atoms with van der Waals surface area (Å²) in [6, 6.07) is 5.85. The molecule has 21 heavy (non-hydrogen) atoms. The van der Waals surface area contributed by atoms with Gasteiger partial charge in [-0.1, -0.05) is 26.0 Å². The first-order valence-electron chi connectivity index (χ1n) is 6.34. The predicted molar refractivity (Wildman–Crippen MR) is 74.1 cm³/mol. The maximum Gasteiger partial charge on any atom is 0.0715 e. The minimum absolute atomic E-state index is 0.147. The number of hydrogen-bond acceptors (Lipinski definition) is 7. The van der Waals surface area contributed by atoms with E-state index in [1.54, 1.807) is 0 Å². The summed E-state index contributed by atoms with van der Waals surface area (Å²) in [7, 11) is -2.92. The number of nitrogen functional groups attached to an aromatic ring is 1. The highest BCUT2D eigenvalue weighted by atomic mass is 16.5. The second-order valence-corrected chi connectivity index (χ2v) is 3.73. The lowest BCUT2D eigenvalue weighted by Gasteiger charge is -2.35. The summed E-state index contributed by atoms with van der Waals surface area (Å²) in [5, 5.41) is 35.4. The van der Waals surface area contributed by atoms with Gasteiger partial charge in [0, 0.05) is 5.69 Å². The largest absolute Gasteiger partial charge is 0.907 e. The summed E-state index contributed by atoms with van der Waals surface area (Å²) in [6.45, 7) is 11.2. The van der Waals surface area contributed by atoms with Gasteiger partial charge in [0.1, 0.15) is 0 Å². The lowest BCUT2D eigenvalue weighted by atomic mass is 10.2. The van der Waals surface area contributed by atoms with Crippen LogP contribution in [-0.2, 0) is 0 Å². The zero-order valence-electron chi connectivity index (χ0n) is 12.3. The van der Waals surface area contributed by atoms with Crippen molar-refractivity contribution in [1.82, 2.24) is 4.90 Å². The van der Waals surface area contributed by atoms with Crippen molar-refractivity contribution in [2.45, 2.75) is 13.8 Å². The van der Waals surface area contributed by atoms with Crippen molar-refractivity contribution in [3.8, 4) is 0 Å². The molecule has 0 unspecified atom stereocenters. The van der Waals surface area contributed by atoms with Crippen molar-refractivity contribution < 1.29 is 25.0 Å². The molecule has 2 N–H and O–H groups in total. The topological polar surface area (TPSA) is 139 Å². The van der Waals surface area contributed by atoms with Gasteiger partial charge in [0.15, 0.2) is 0 Å². The van der Waals surface area contributed by atoms with Gasteiger partial charge < -0.3 is 35.6 Å². The van der Waals surface area contributed by atoms with Crippen LogP contribution in [0.1, 0.15) is 24.2 Å². The van der Waals surface area contributed by atoms with E-state index in [-0.39, 0.29) is 5.56 Å². The van der Waals surface area contributed by atoms with Crippen molar-refractivity contribution >= 4 is 19.0 Å². The molecule has 0 spiro atoms. The Morgan fingerprint density at radius 2 is 1.57 bits per heavy atom. The van der Waals surface area contributed by atoms with E-state index in [0.717, 1.165) is 19.6 Å². The number of aromatic carboxylic acids is 1. The van der Waals surface area contributed by atoms with Crippen LogP contribution in [0.25, 0.3) is 0 Å². The van der Waals surface area contributed by atoms with E-state index in [4.69, 9.17) is 20.8 Å². The number of carbonyl (C=O) groups is 1. The minimum atomic E-state index is -2.92. The van der Waals surface area contributed by atoms with Crippen LogP contribution in [0.5, 0.6) is 0 Å². The average Bonchev–Trinajstić information content (AvgIpc) is 2.41. The summed E-state index contributed by atoms with van der Waals surface area (Å²) in [5.41, 5.74) is 6.01. The fourth-order valence-electron chi connectivity index (χ4n) is 1.16. The van der Waals surface area contributed by atoms with Crippen LogP contribution in [0.2, 0.25) is 0 Å². The number of carboxylic acid groups (broad SMARTS) is 1. The summed E-state index contributed by atoms with van der Waals surface area (Å²) in [6.07, 6.45) is 0. The van der Waals surface area contributed by atoms with Gasteiger partial charge in [-0.15, -0.1) is 0 Å². The van der Waals surface area contributed by atoms with Crippen molar-refractivity contribution in [1.29, 1.82) is 0 Å². The van der Waals surface area contributed by atoms with Gasteiger partial charge in [0.25, 0.3) is 0 Å². The number of anilines is 1. The zero-order chi connectivity index (χ0) is 16.8. The van der Waals surface area contributed by atoms with Crippen molar-refractivity contribution in [2.24, 2.45) is 0 Å². The third kappa shape index (κ3) is 14.6. The summed E-state index contributed by atoms with van der Waals surface area (Å²) < 4.78 is 0. The third-order valence-electron chi connectivity index (χ3n) is 2.36. The molecule has 119 valence electrons. The highest BCUT2D eigenvalue weighted by Gasteiger charge is 1.90. The molecule has 0 amide bonds. The smallest absolute Gasteiger partial charge is 0.0715 e. The van der Waals surface area contributed by atoms with E-state index in [0.29, 0.717) is 5.69 Å². The Bertz CT molecular complexity index is 361. The third-order valence-corrected chi connectivity index (χ3v) is 2.36. The van der Waals surface area contributed by atoms with Gasteiger partial charge in [-0.25, -0.2) is 0 Å². The van der Waals surface area contributed by atoms with Crippen molar-refractivity contribution in [3.63, 3.8) is 0 Å². The molecule has 0 aliphatic rings. The van der Waals surface area contributed by atoms with Gasteiger partial charge in [-0.2, -0.15) is 0 Å². The van der Waals surface area contributed by atoms with E-state index in [9.17, 15) is 9.90 Å². The van der Waals surface area contributed by atoms with Crippen LogP contribution in [0.3, 0.4) is 0 Å². The number of benzene rings is 1.